The van der Waals surface area contributed by atoms with Crippen molar-refractivity contribution in [2.75, 3.05) is 11.9 Å². The van der Waals surface area contributed by atoms with Gasteiger partial charge < -0.3 is 10.1 Å². The summed E-state index contributed by atoms with van der Waals surface area (Å²) in [5, 5.41) is 2.98. The molecule has 3 nitrogen and oxygen atoms in total. The molecule has 120 valence electrons. The molecule has 0 heterocycles. The maximum atomic E-state index is 13.8. The fourth-order valence-electron chi connectivity index (χ4n) is 1.89. The first-order chi connectivity index (χ1) is 11.0. The SMILES string of the molecule is CCO/C=C/c1ccc(Cl)cc1C(=O)Nc1c(F)cccc1Cl. The first-order valence-electron chi connectivity index (χ1n) is 6.86. The number of halogens is 3. The molecule has 0 unspecified atom stereocenters. The average Bonchev–Trinajstić information content (AvgIpc) is 2.52. The minimum absolute atomic E-state index is 0.0705. The van der Waals surface area contributed by atoms with Crippen molar-refractivity contribution in [2.24, 2.45) is 0 Å². The number of carbonyl (C=O) groups excluding carboxylic acids is 1. The van der Waals surface area contributed by atoms with Crippen LogP contribution in [-0.4, -0.2) is 12.5 Å². The smallest absolute Gasteiger partial charge is 0.256 e. The number of amides is 1. The van der Waals surface area contributed by atoms with Crippen LogP contribution in [0.5, 0.6) is 0 Å². The van der Waals surface area contributed by atoms with E-state index in [1.54, 1.807) is 18.2 Å². The number of anilines is 1. The molecule has 0 aliphatic carbocycles. The van der Waals surface area contributed by atoms with Crippen molar-refractivity contribution in [1.82, 2.24) is 0 Å². The number of ether oxygens (including phenoxy) is 1. The summed E-state index contributed by atoms with van der Waals surface area (Å²) < 4.78 is 18.9. The predicted molar refractivity (Wildman–Crippen MR) is 91.5 cm³/mol. The van der Waals surface area contributed by atoms with E-state index in [1.165, 1.54) is 30.5 Å². The van der Waals surface area contributed by atoms with E-state index in [1.807, 2.05) is 6.92 Å². The largest absolute Gasteiger partial charge is 0.501 e. The van der Waals surface area contributed by atoms with Crippen LogP contribution in [0, 0.1) is 5.82 Å². The van der Waals surface area contributed by atoms with Crippen molar-refractivity contribution >= 4 is 40.9 Å². The molecular formula is C17H14Cl2FNO2. The van der Waals surface area contributed by atoms with E-state index >= 15 is 0 Å². The van der Waals surface area contributed by atoms with Crippen molar-refractivity contribution in [3.63, 3.8) is 0 Å². The Bertz CT molecular complexity index is 727. The van der Waals surface area contributed by atoms with Crippen LogP contribution in [0.3, 0.4) is 0 Å². The molecule has 0 radical (unpaired) electrons. The third-order valence-corrected chi connectivity index (χ3v) is 3.52. The van der Waals surface area contributed by atoms with Gasteiger partial charge in [-0.2, -0.15) is 0 Å². The molecule has 0 bridgehead atoms. The summed E-state index contributed by atoms with van der Waals surface area (Å²) in [7, 11) is 0. The maximum Gasteiger partial charge on any atom is 0.256 e. The zero-order chi connectivity index (χ0) is 16.8. The second-order valence-corrected chi connectivity index (χ2v) is 5.38. The van der Waals surface area contributed by atoms with Gasteiger partial charge in [0.05, 0.1) is 23.6 Å². The van der Waals surface area contributed by atoms with E-state index in [9.17, 15) is 9.18 Å². The molecule has 2 rings (SSSR count). The van der Waals surface area contributed by atoms with Crippen LogP contribution in [0.2, 0.25) is 10.0 Å². The van der Waals surface area contributed by atoms with Gasteiger partial charge in [0, 0.05) is 10.6 Å². The summed E-state index contributed by atoms with van der Waals surface area (Å²) in [4.78, 5) is 12.5. The van der Waals surface area contributed by atoms with Crippen molar-refractivity contribution in [3.05, 3.63) is 69.6 Å². The minimum atomic E-state index is -0.612. The maximum absolute atomic E-state index is 13.8. The Morgan fingerprint density at radius 3 is 2.78 bits per heavy atom. The number of rotatable bonds is 5. The number of para-hydroxylation sites is 1. The highest BCUT2D eigenvalue weighted by Crippen LogP contribution is 2.26. The number of hydrogen-bond donors (Lipinski definition) is 1. The van der Waals surface area contributed by atoms with Gasteiger partial charge >= 0.3 is 0 Å². The van der Waals surface area contributed by atoms with Gasteiger partial charge in [-0.05, 0) is 42.8 Å². The third kappa shape index (κ3) is 4.47. The molecule has 0 aliphatic heterocycles. The van der Waals surface area contributed by atoms with Crippen LogP contribution in [0.4, 0.5) is 10.1 Å². The van der Waals surface area contributed by atoms with Gasteiger partial charge in [0.15, 0.2) is 0 Å². The lowest BCUT2D eigenvalue weighted by atomic mass is 10.1. The minimum Gasteiger partial charge on any atom is -0.501 e. The van der Waals surface area contributed by atoms with Gasteiger partial charge in [-0.15, -0.1) is 0 Å². The zero-order valence-corrected chi connectivity index (χ0v) is 13.8. The highest BCUT2D eigenvalue weighted by molar-refractivity contribution is 6.34. The van der Waals surface area contributed by atoms with Gasteiger partial charge in [0.1, 0.15) is 5.82 Å². The normalized spacial score (nSPS) is 10.8. The fraction of sp³-hybridized carbons (Fsp3) is 0.118. The second-order valence-electron chi connectivity index (χ2n) is 4.54. The summed E-state index contributed by atoms with van der Waals surface area (Å²) in [6.45, 7) is 2.36. The molecule has 1 amide bonds. The predicted octanol–water partition coefficient (Wildman–Crippen LogP) is 5.39. The molecule has 0 fully saturated rings. The van der Waals surface area contributed by atoms with Gasteiger partial charge in [-0.25, -0.2) is 4.39 Å². The van der Waals surface area contributed by atoms with Crippen LogP contribution >= 0.6 is 23.2 Å². The summed E-state index contributed by atoms with van der Waals surface area (Å²) >= 11 is 11.9. The number of carbonyl (C=O) groups is 1. The van der Waals surface area contributed by atoms with Crippen LogP contribution in [0.25, 0.3) is 6.08 Å². The zero-order valence-electron chi connectivity index (χ0n) is 12.3. The van der Waals surface area contributed by atoms with Crippen LogP contribution in [-0.2, 0) is 4.74 Å². The van der Waals surface area contributed by atoms with Gasteiger partial charge in [-0.1, -0.05) is 35.3 Å². The van der Waals surface area contributed by atoms with Crippen molar-refractivity contribution < 1.29 is 13.9 Å². The van der Waals surface area contributed by atoms with Crippen molar-refractivity contribution in [1.29, 1.82) is 0 Å². The molecule has 2 aromatic rings. The van der Waals surface area contributed by atoms with E-state index in [0.29, 0.717) is 17.2 Å². The second kappa shape index (κ2) is 7.99. The molecule has 6 heteroatoms. The van der Waals surface area contributed by atoms with Crippen molar-refractivity contribution in [2.45, 2.75) is 6.92 Å². The molecule has 0 saturated carbocycles. The lowest BCUT2D eigenvalue weighted by molar-refractivity contribution is 0.102. The summed E-state index contributed by atoms with van der Waals surface area (Å²) in [6.07, 6.45) is 3.12. The molecule has 0 aliphatic rings. The molecule has 0 saturated heterocycles. The Morgan fingerprint density at radius 2 is 2.09 bits per heavy atom. The Labute approximate surface area is 143 Å². The monoisotopic (exact) mass is 353 g/mol. The highest BCUT2D eigenvalue weighted by Gasteiger charge is 2.15. The molecule has 0 atom stereocenters. The third-order valence-electron chi connectivity index (χ3n) is 2.97. The van der Waals surface area contributed by atoms with E-state index in [0.717, 1.165) is 0 Å². The van der Waals surface area contributed by atoms with Gasteiger partial charge in [0.25, 0.3) is 5.91 Å². The fourth-order valence-corrected chi connectivity index (χ4v) is 2.27. The standard InChI is InChI=1S/C17H14Cl2FNO2/c1-2-23-9-8-11-6-7-12(18)10-13(11)17(22)21-16-14(19)4-3-5-15(16)20/h3-10H,2H2,1H3,(H,21,22)/b9-8+. The molecule has 1 N–H and O–H groups in total. The molecule has 2 aromatic carbocycles. The van der Waals surface area contributed by atoms with Crippen LogP contribution in [0.15, 0.2) is 42.7 Å². The topological polar surface area (TPSA) is 38.3 Å². The van der Waals surface area contributed by atoms with Crippen LogP contribution < -0.4 is 5.32 Å². The molecular weight excluding hydrogens is 340 g/mol. The highest BCUT2D eigenvalue weighted by atomic mass is 35.5. The van der Waals surface area contributed by atoms with E-state index in [4.69, 9.17) is 27.9 Å². The van der Waals surface area contributed by atoms with Gasteiger partial charge in [0.2, 0.25) is 0 Å². The Balaban J connectivity index is 2.33. The van der Waals surface area contributed by atoms with Crippen molar-refractivity contribution in [3.8, 4) is 0 Å². The summed E-state index contributed by atoms with van der Waals surface area (Å²) in [5.41, 5.74) is 0.805. The number of benzene rings is 2. The first kappa shape index (κ1) is 17.3. The van der Waals surface area contributed by atoms with Crippen LogP contribution in [0.1, 0.15) is 22.8 Å². The molecule has 0 aromatic heterocycles. The number of nitrogens with one attached hydrogen (secondary N) is 1. The van der Waals surface area contributed by atoms with E-state index in [-0.39, 0.29) is 16.3 Å². The van der Waals surface area contributed by atoms with Gasteiger partial charge in [-0.3, -0.25) is 4.79 Å². The summed E-state index contributed by atoms with van der Waals surface area (Å²) in [6, 6.07) is 9.00. The molecule has 23 heavy (non-hydrogen) atoms. The molecule has 0 spiro atoms. The quantitative estimate of drug-likeness (QED) is 0.731. The Kier molecular flexibility index (Phi) is 6.02. The lowest BCUT2D eigenvalue weighted by Crippen LogP contribution is -2.14. The van der Waals surface area contributed by atoms with E-state index < -0.39 is 11.7 Å². The Morgan fingerprint density at radius 1 is 1.30 bits per heavy atom. The first-order valence-corrected chi connectivity index (χ1v) is 7.61. The Hall–Kier alpha value is -2.04. The lowest BCUT2D eigenvalue weighted by Gasteiger charge is -2.10. The average molecular weight is 354 g/mol. The summed E-state index contributed by atoms with van der Waals surface area (Å²) in [5.74, 6) is -1.13. The van der Waals surface area contributed by atoms with E-state index in [2.05, 4.69) is 5.32 Å². The number of hydrogen-bond acceptors (Lipinski definition) is 2.